The van der Waals surface area contributed by atoms with Gasteiger partial charge in [-0.05, 0) is 25.8 Å². The van der Waals surface area contributed by atoms with Gasteiger partial charge in [0, 0.05) is 24.4 Å². The van der Waals surface area contributed by atoms with Crippen LogP contribution in [0.1, 0.15) is 25.0 Å². The van der Waals surface area contributed by atoms with E-state index >= 15 is 0 Å². The van der Waals surface area contributed by atoms with Crippen molar-refractivity contribution < 1.29 is 8.42 Å². The van der Waals surface area contributed by atoms with Crippen LogP contribution < -0.4 is 10.0 Å². The summed E-state index contributed by atoms with van der Waals surface area (Å²) in [5, 5.41) is 5.25. The van der Waals surface area contributed by atoms with E-state index in [1.807, 2.05) is 5.38 Å². The Morgan fingerprint density at radius 3 is 2.89 bits per heavy atom. The third-order valence-electron chi connectivity index (χ3n) is 2.79. The molecule has 18 heavy (non-hydrogen) atoms. The van der Waals surface area contributed by atoms with Gasteiger partial charge in [0.2, 0.25) is 10.0 Å². The van der Waals surface area contributed by atoms with E-state index in [9.17, 15) is 8.42 Å². The molecule has 0 unspecified atom stereocenters. The lowest BCUT2D eigenvalue weighted by molar-refractivity contribution is 0.574. The highest BCUT2D eigenvalue weighted by atomic mass is 32.2. The van der Waals surface area contributed by atoms with E-state index in [0.717, 1.165) is 12.2 Å². The first-order valence-corrected chi connectivity index (χ1v) is 8.83. The summed E-state index contributed by atoms with van der Waals surface area (Å²) in [6, 6.07) is 0.644. The molecule has 2 N–H and O–H groups in total. The van der Waals surface area contributed by atoms with Crippen molar-refractivity contribution >= 4 is 21.4 Å². The maximum Gasteiger partial charge on any atom is 0.211 e. The van der Waals surface area contributed by atoms with Gasteiger partial charge in [0.05, 0.1) is 17.0 Å². The quantitative estimate of drug-likeness (QED) is 0.658. The average Bonchev–Trinajstić information content (AvgIpc) is 3.01. The molecule has 1 heterocycles. The van der Waals surface area contributed by atoms with Crippen molar-refractivity contribution in [3.63, 3.8) is 0 Å². The second-order valence-electron chi connectivity index (χ2n) is 4.52. The molecule has 0 saturated heterocycles. The molecule has 0 spiro atoms. The van der Waals surface area contributed by atoms with E-state index in [2.05, 4.69) is 15.0 Å². The van der Waals surface area contributed by atoms with Crippen LogP contribution in [0.4, 0.5) is 0 Å². The Labute approximate surface area is 112 Å². The highest BCUT2D eigenvalue weighted by molar-refractivity contribution is 7.89. The molecule has 1 saturated carbocycles. The third-order valence-corrected chi connectivity index (χ3v) is 4.89. The molecule has 2 rings (SSSR count). The van der Waals surface area contributed by atoms with Crippen molar-refractivity contribution in [3.05, 3.63) is 16.6 Å². The van der Waals surface area contributed by atoms with Crippen molar-refractivity contribution in [3.8, 4) is 0 Å². The van der Waals surface area contributed by atoms with Crippen molar-refractivity contribution in [1.29, 1.82) is 0 Å². The average molecular weight is 289 g/mol. The zero-order valence-corrected chi connectivity index (χ0v) is 11.9. The molecular formula is C11H19N3O2S2. The molecule has 1 fully saturated rings. The van der Waals surface area contributed by atoms with E-state index in [0.29, 0.717) is 25.4 Å². The number of nitrogens with zero attached hydrogens (tertiary/aromatic N) is 1. The van der Waals surface area contributed by atoms with Gasteiger partial charge < -0.3 is 5.32 Å². The van der Waals surface area contributed by atoms with Crippen LogP contribution in [0.2, 0.25) is 0 Å². The van der Waals surface area contributed by atoms with E-state index in [1.165, 1.54) is 24.2 Å². The Kier molecular flexibility index (Phi) is 5.11. The van der Waals surface area contributed by atoms with Crippen LogP contribution in [0.15, 0.2) is 10.9 Å². The molecule has 1 aliphatic rings. The van der Waals surface area contributed by atoms with E-state index < -0.39 is 10.0 Å². The Balaban J connectivity index is 1.57. The number of hydrogen-bond acceptors (Lipinski definition) is 5. The van der Waals surface area contributed by atoms with Crippen LogP contribution in [-0.4, -0.2) is 38.3 Å². The molecular weight excluding hydrogens is 270 g/mol. The number of aromatic nitrogens is 1. The van der Waals surface area contributed by atoms with Crippen molar-refractivity contribution in [2.75, 3.05) is 18.8 Å². The zero-order valence-electron chi connectivity index (χ0n) is 10.3. The number of nitrogens with one attached hydrogen (secondary N) is 2. The fourth-order valence-corrected chi connectivity index (χ4v) is 3.30. The van der Waals surface area contributed by atoms with Gasteiger partial charge in [0.15, 0.2) is 0 Å². The Bertz CT molecular complexity index is 441. The summed E-state index contributed by atoms with van der Waals surface area (Å²) in [5.41, 5.74) is 2.70. The van der Waals surface area contributed by atoms with Crippen LogP contribution in [0.3, 0.4) is 0 Å². The highest BCUT2D eigenvalue weighted by Gasteiger charge is 2.20. The molecule has 0 aliphatic heterocycles. The molecule has 102 valence electrons. The molecule has 7 heteroatoms. The van der Waals surface area contributed by atoms with Gasteiger partial charge in [-0.25, -0.2) is 18.1 Å². The normalized spacial score (nSPS) is 16.0. The predicted octanol–water partition coefficient (Wildman–Crippen LogP) is 0.747. The lowest BCUT2D eigenvalue weighted by atomic mass is 10.3. The maximum atomic E-state index is 11.7. The minimum absolute atomic E-state index is 0.198. The molecule has 1 aromatic rings. The van der Waals surface area contributed by atoms with Crippen molar-refractivity contribution in [1.82, 2.24) is 15.0 Å². The minimum Gasteiger partial charge on any atom is -0.314 e. The number of hydrogen-bond donors (Lipinski definition) is 2. The van der Waals surface area contributed by atoms with Crippen molar-refractivity contribution in [2.45, 2.75) is 31.7 Å². The van der Waals surface area contributed by atoms with Gasteiger partial charge in [-0.2, -0.15) is 0 Å². The Morgan fingerprint density at radius 1 is 1.39 bits per heavy atom. The minimum atomic E-state index is -3.13. The monoisotopic (exact) mass is 289 g/mol. The largest absolute Gasteiger partial charge is 0.314 e. The standard InChI is InChI=1S/C11H19N3O2S2/c15-18(16,7-1-5-12-10-2-3-10)14-6-4-11-8-17-9-13-11/h8-10,12,14H,1-7H2. The summed E-state index contributed by atoms with van der Waals surface area (Å²) < 4.78 is 25.9. The van der Waals surface area contributed by atoms with Crippen molar-refractivity contribution in [2.24, 2.45) is 0 Å². The van der Waals surface area contributed by atoms with Crippen LogP contribution in [0.25, 0.3) is 0 Å². The van der Waals surface area contributed by atoms with Gasteiger partial charge in [-0.15, -0.1) is 11.3 Å². The van der Waals surface area contributed by atoms with E-state index in [-0.39, 0.29) is 5.75 Å². The summed E-state index contributed by atoms with van der Waals surface area (Å²) >= 11 is 1.53. The third kappa shape index (κ3) is 5.43. The van der Waals surface area contributed by atoms with Gasteiger partial charge >= 0.3 is 0 Å². The summed E-state index contributed by atoms with van der Waals surface area (Å²) in [4.78, 5) is 4.11. The topological polar surface area (TPSA) is 71.1 Å². The summed E-state index contributed by atoms with van der Waals surface area (Å²) in [7, 11) is -3.13. The van der Waals surface area contributed by atoms with E-state index in [4.69, 9.17) is 0 Å². The summed E-state index contributed by atoms with van der Waals surface area (Å²) in [5.74, 6) is 0.198. The molecule has 5 nitrogen and oxygen atoms in total. The molecule has 0 radical (unpaired) electrons. The molecule has 0 bridgehead atoms. The van der Waals surface area contributed by atoms with Gasteiger partial charge in [0.1, 0.15) is 0 Å². The van der Waals surface area contributed by atoms with Crippen LogP contribution in [0.5, 0.6) is 0 Å². The molecule has 1 aliphatic carbocycles. The smallest absolute Gasteiger partial charge is 0.211 e. The number of rotatable bonds is 9. The zero-order chi connectivity index (χ0) is 12.8. The second kappa shape index (κ2) is 6.60. The maximum absolute atomic E-state index is 11.7. The summed E-state index contributed by atoms with van der Waals surface area (Å²) in [6.07, 6.45) is 3.79. The Hall–Kier alpha value is -0.500. The molecule has 0 aromatic carbocycles. The fourth-order valence-electron chi connectivity index (χ4n) is 1.62. The highest BCUT2D eigenvalue weighted by Crippen LogP contribution is 2.18. The molecule has 1 aromatic heterocycles. The number of thiazole rings is 1. The first kappa shape index (κ1) is 13.9. The van der Waals surface area contributed by atoms with Gasteiger partial charge in [0.25, 0.3) is 0 Å². The first-order valence-electron chi connectivity index (χ1n) is 6.23. The lowest BCUT2D eigenvalue weighted by Gasteiger charge is -2.06. The van der Waals surface area contributed by atoms with Crippen LogP contribution in [-0.2, 0) is 16.4 Å². The first-order chi connectivity index (χ1) is 8.66. The predicted molar refractivity (Wildman–Crippen MR) is 73.2 cm³/mol. The molecule has 0 amide bonds. The van der Waals surface area contributed by atoms with Crippen LogP contribution in [0, 0.1) is 0 Å². The lowest BCUT2D eigenvalue weighted by Crippen LogP contribution is -2.30. The number of sulfonamides is 1. The van der Waals surface area contributed by atoms with Gasteiger partial charge in [-0.1, -0.05) is 0 Å². The second-order valence-corrected chi connectivity index (χ2v) is 7.17. The summed E-state index contributed by atoms with van der Waals surface area (Å²) in [6.45, 7) is 1.22. The van der Waals surface area contributed by atoms with Crippen LogP contribution >= 0.6 is 11.3 Å². The van der Waals surface area contributed by atoms with Gasteiger partial charge in [-0.3, -0.25) is 0 Å². The van der Waals surface area contributed by atoms with E-state index in [1.54, 1.807) is 5.51 Å². The Morgan fingerprint density at radius 2 is 2.22 bits per heavy atom. The fraction of sp³-hybridized carbons (Fsp3) is 0.727. The molecule has 0 atom stereocenters. The SMILES string of the molecule is O=S(=O)(CCCNC1CC1)NCCc1cscn1.